The molecular weight excluding hydrogens is 370 g/mol. The number of nitrogens with zero attached hydrogens (tertiary/aromatic N) is 1. The summed E-state index contributed by atoms with van der Waals surface area (Å²) in [5.41, 5.74) is 0.986. The van der Waals surface area contributed by atoms with Gasteiger partial charge in [-0.15, -0.1) is 0 Å². The zero-order valence-electron chi connectivity index (χ0n) is 16.6. The Kier molecular flexibility index (Phi) is 8.27. The van der Waals surface area contributed by atoms with Crippen LogP contribution in [0.5, 0.6) is 0 Å². The summed E-state index contributed by atoms with van der Waals surface area (Å²) >= 11 is 0. The molecule has 1 aliphatic heterocycles. The number of hydrogen-bond donors (Lipinski definition) is 2. The van der Waals surface area contributed by atoms with Crippen molar-refractivity contribution >= 4 is 11.8 Å². The molecule has 1 fully saturated rings. The number of ether oxygens (including phenoxy) is 1. The Hall–Kier alpha value is -2.64. The highest BCUT2D eigenvalue weighted by Crippen LogP contribution is 2.06. The minimum Gasteiger partial charge on any atom is -0.459 e. The Morgan fingerprint density at radius 3 is 2.55 bits per heavy atom. The number of amides is 2. The van der Waals surface area contributed by atoms with E-state index in [2.05, 4.69) is 15.5 Å². The predicted octanol–water partition coefficient (Wildman–Crippen LogP) is 1.85. The molecule has 3 rings (SSSR count). The van der Waals surface area contributed by atoms with Gasteiger partial charge >= 0.3 is 0 Å². The van der Waals surface area contributed by atoms with Gasteiger partial charge in [0.25, 0.3) is 5.91 Å². The van der Waals surface area contributed by atoms with Gasteiger partial charge in [0, 0.05) is 26.1 Å². The van der Waals surface area contributed by atoms with E-state index in [9.17, 15) is 9.59 Å². The number of morpholine rings is 1. The molecule has 2 N–H and O–H groups in total. The SMILES string of the molecule is O=C(NC(Cc1ccccc1)C(=O)NCCCCN1CCOCC1)c1ccco1. The molecule has 2 heterocycles. The molecule has 0 spiro atoms. The normalized spacial score (nSPS) is 15.6. The molecule has 1 aliphatic rings. The number of benzene rings is 1. The maximum Gasteiger partial charge on any atom is 0.287 e. The number of carbonyl (C=O) groups excluding carboxylic acids is 2. The molecule has 1 aromatic heterocycles. The van der Waals surface area contributed by atoms with Gasteiger partial charge in [-0.2, -0.15) is 0 Å². The first-order chi connectivity index (χ1) is 14.2. The molecule has 7 heteroatoms. The molecule has 1 unspecified atom stereocenters. The van der Waals surface area contributed by atoms with Crippen LogP contribution < -0.4 is 10.6 Å². The fraction of sp³-hybridized carbons (Fsp3) is 0.455. The fourth-order valence-corrected chi connectivity index (χ4v) is 3.32. The third-order valence-corrected chi connectivity index (χ3v) is 4.95. The van der Waals surface area contributed by atoms with E-state index < -0.39 is 11.9 Å². The van der Waals surface area contributed by atoms with Crippen LogP contribution in [-0.4, -0.2) is 62.1 Å². The standard InChI is InChI=1S/C22H29N3O4/c26-21(23-10-4-5-11-25-12-15-28-16-13-25)19(17-18-7-2-1-3-8-18)24-22(27)20-9-6-14-29-20/h1-3,6-9,14,19H,4-5,10-13,15-17H2,(H,23,26)(H,24,27). The van der Waals surface area contributed by atoms with E-state index in [-0.39, 0.29) is 11.7 Å². The first-order valence-electron chi connectivity index (χ1n) is 10.2. The van der Waals surface area contributed by atoms with Crippen molar-refractivity contribution in [2.24, 2.45) is 0 Å². The highest BCUT2D eigenvalue weighted by molar-refractivity contribution is 5.95. The van der Waals surface area contributed by atoms with Crippen molar-refractivity contribution in [3.63, 3.8) is 0 Å². The highest BCUT2D eigenvalue weighted by Gasteiger charge is 2.22. The van der Waals surface area contributed by atoms with Gasteiger partial charge in [-0.1, -0.05) is 30.3 Å². The predicted molar refractivity (Wildman–Crippen MR) is 110 cm³/mol. The van der Waals surface area contributed by atoms with Crippen LogP contribution in [-0.2, 0) is 16.0 Å². The molecule has 1 atom stereocenters. The number of nitrogens with one attached hydrogen (secondary N) is 2. The van der Waals surface area contributed by atoms with E-state index in [1.165, 1.54) is 6.26 Å². The van der Waals surface area contributed by atoms with Crippen molar-refractivity contribution in [2.75, 3.05) is 39.4 Å². The summed E-state index contributed by atoms with van der Waals surface area (Å²) in [5, 5.41) is 5.76. The highest BCUT2D eigenvalue weighted by atomic mass is 16.5. The van der Waals surface area contributed by atoms with Crippen molar-refractivity contribution in [1.29, 1.82) is 0 Å². The average Bonchev–Trinajstić information content (AvgIpc) is 3.29. The molecule has 156 valence electrons. The Labute approximate surface area is 171 Å². The summed E-state index contributed by atoms with van der Waals surface area (Å²) in [4.78, 5) is 27.5. The summed E-state index contributed by atoms with van der Waals surface area (Å²) in [6.07, 6.45) is 3.78. The van der Waals surface area contributed by atoms with Crippen LogP contribution in [0.4, 0.5) is 0 Å². The second-order valence-electron chi connectivity index (χ2n) is 7.15. The second-order valence-corrected chi connectivity index (χ2v) is 7.15. The Bertz CT molecular complexity index is 743. The molecule has 0 saturated carbocycles. The third-order valence-electron chi connectivity index (χ3n) is 4.95. The first kappa shape index (κ1) is 21.1. The van der Waals surface area contributed by atoms with E-state index in [1.54, 1.807) is 12.1 Å². The zero-order chi connectivity index (χ0) is 20.3. The Morgan fingerprint density at radius 1 is 1.03 bits per heavy atom. The molecule has 0 bridgehead atoms. The molecule has 1 aromatic carbocycles. The monoisotopic (exact) mass is 399 g/mol. The summed E-state index contributed by atoms with van der Waals surface area (Å²) in [6.45, 7) is 5.15. The van der Waals surface area contributed by atoms with E-state index >= 15 is 0 Å². The molecule has 0 aliphatic carbocycles. The number of hydrogen-bond acceptors (Lipinski definition) is 5. The van der Waals surface area contributed by atoms with Gasteiger partial charge in [-0.25, -0.2) is 0 Å². The Morgan fingerprint density at radius 2 is 1.83 bits per heavy atom. The lowest BCUT2D eigenvalue weighted by Crippen LogP contribution is -2.48. The lowest BCUT2D eigenvalue weighted by Gasteiger charge is -2.26. The van der Waals surface area contributed by atoms with E-state index in [0.717, 1.165) is 51.3 Å². The lowest BCUT2D eigenvalue weighted by atomic mass is 10.0. The van der Waals surface area contributed by atoms with Crippen LogP contribution in [0.1, 0.15) is 29.0 Å². The summed E-state index contributed by atoms with van der Waals surface area (Å²) in [7, 11) is 0. The van der Waals surface area contributed by atoms with Crippen molar-refractivity contribution in [3.05, 3.63) is 60.1 Å². The maximum atomic E-state index is 12.7. The first-order valence-corrected chi connectivity index (χ1v) is 10.2. The minimum absolute atomic E-state index is 0.180. The molecule has 29 heavy (non-hydrogen) atoms. The van der Waals surface area contributed by atoms with Gasteiger partial charge in [-0.3, -0.25) is 14.5 Å². The third kappa shape index (κ3) is 7.03. The Balaban J connectivity index is 1.47. The molecule has 1 saturated heterocycles. The fourth-order valence-electron chi connectivity index (χ4n) is 3.32. The van der Waals surface area contributed by atoms with Crippen LogP contribution in [0.15, 0.2) is 53.1 Å². The summed E-state index contributed by atoms with van der Waals surface area (Å²) in [6, 6.07) is 12.2. The number of furan rings is 1. The number of rotatable bonds is 10. The van der Waals surface area contributed by atoms with Crippen LogP contribution in [0.2, 0.25) is 0 Å². The average molecular weight is 399 g/mol. The van der Waals surface area contributed by atoms with E-state index in [1.807, 2.05) is 30.3 Å². The van der Waals surface area contributed by atoms with Crippen LogP contribution >= 0.6 is 0 Å². The van der Waals surface area contributed by atoms with Crippen molar-refractivity contribution in [3.8, 4) is 0 Å². The second kappa shape index (κ2) is 11.4. The van der Waals surface area contributed by atoms with Gasteiger partial charge in [0.1, 0.15) is 6.04 Å². The van der Waals surface area contributed by atoms with Crippen molar-refractivity contribution < 1.29 is 18.7 Å². The van der Waals surface area contributed by atoms with Crippen LogP contribution in [0.3, 0.4) is 0 Å². The van der Waals surface area contributed by atoms with Gasteiger partial charge in [-0.05, 0) is 37.1 Å². The van der Waals surface area contributed by atoms with Crippen molar-refractivity contribution in [1.82, 2.24) is 15.5 Å². The number of unbranched alkanes of at least 4 members (excludes halogenated alkanes) is 1. The van der Waals surface area contributed by atoms with Gasteiger partial charge in [0.15, 0.2) is 5.76 Å². The molecule has 7 nitrogen and oxygen atoms in total. The van der Waals surface area contributed by atoms with Gasteiger partial charge in [0.05, 0.1) is 19.5 Å². The molecule has 2 amide bonds. The summed E-state index contributed by atoms with van der Waals surface area (Å²) < 4.78 is 10.5. The van der Waals surface area contributed by atoms with Crippen molar-refractivity contribution in [2.45, 2.75) is 25.3 Å². The number of carbonyl (C=O) groups is 2. The largest absolute Gasteiger partial charge is 0.459 e. The quantitative estimate of drug-likeness (QED) is 0.596. The van der Waals surface area contributed by atoms with E-state index in [0.29, 0.717) is 13.0 Å². The molecule has 0 radical (unpaired) electrons. The summed E-state index contributed by atoms with van der Waals surface area (Å²) in [5.74, 6) is -0.375. The van der Waals surface area contributed by atoms with E-state index in [4.69, 9.17) is 9.15 Å². The maximum absolute atomic E-state index is 12.7. The van der Waals surface area contributed by atoms with Crippen LogP contribution in [0, 0.1) is 0 Å². The van der Waals surface area contributed by atoms with Gasteiger partial charge < -0.3 is 19.8 Å². The molecule has 2 aromatic rings. The van der Waals surface area contributed by atoms with Gasteiger partial charge in [0.2, 0.25) is 5.91 Å². The van der Waals surface area contributed by atoms with Crippen LogP contribution in [0.25, 0.3) is 0 Å². The molecular formula is C22H29N3O4. The topological polar surface area (TPSA) is 83.8 Å². The lowest BCUT2D eigenvalue weighted by molar-refractivity contribution is -0.122. The zero-order valence-corrected chi connectivity index (χ0v) is 16.6. The minimum atomic E-state index is -0.658. The smallest absolute Gasteiger partial charge is 0.287 e.